The van der Waals surface area contributed by atoms with Gasteiger partial charge in [-0.15, -0.1) is 0 Å². The summed E-state index contributed by atoms with van der Waals surface area (Å²) in [7, 11) is 0. The third-order valence-corrected chi connectivity index (χ3v) is 5.63. The lowest BCUT2D eigenvalue weighted by Crippen LogP contribution is -2.61. The molecular weight excluding hydrogens is 346 g/mol. The highest BCUT2D eigenvalue weighted by Crippen LogP contribution is 2.61. The lowest BCUT2D eigenvalue weighted by Gasteiger charge is -2.40. The summed E-state index contributed by atoms with van der Waals surface area (Å²) in [6.07, 6.45) is -1.29. The minimum absolute atomic E-state index is 0.0199. The number of carbonyl (C=O) groups excluding carboxylic acids is 1. The van der Waals surface area contributed by atoms with Crippen molar-refractivity contribution in [2.45, 2.75) is 38.0 Å². The number of aliphatic hydroxyl groups is 1. The van der Waals surface area contributed by atoms with Crippen molar-refractivity contribution in [1.82, 2.24) is 4.90 Å². The van der Waals surface area contributed by atoms with Gasteiger partial charge in [0.15, 0.2) is 0 Å². The highest BCUT2D eigenvalue weighted by molar-refractivity contribution is 6.11. The molecule has 2 aromatic carbocycles. The predicted molar refractivity (Wildman–Crippen MR) is 97.9 cm³/mol. The number of likely N-dealkylation sites (N-methyl/N-ethyl adjacent to an activating group) is 1. The lowest BCUT2D eigenvalue weighted by molar-refractivity contribution is -0.195. The quantitative estimate of drug-likeness (QED) is 0.868. The Kier molecular flexibility index (Phi) is 3.62. The van der Waals surface area contributed by atoms with Crippen LogP contribution in [0.25, 0.3) is 0 Å². The van der Waals surface area contributed by atoms with Crippen LogP contribution in [0, 0.1) is 0 Å². The van der Waals surface area contributed by atoms with Gasteiger partial charge >= 0.3 is 6.09 Å². The highest BCUT2D eigenvalue weighted by Gasteiger charge is 2.74. The minimum atomic E-state index is -2.10. The first-order chi connectivity index (χ1) is 12.8. The van der Waals surface area contributed by atoms with Gasteiger partial charge < -0.3 is 14.9 Å². The van der Waals surface area contributed by atoms with Gasteiger partial charge in [0.2, 0.25) is 11.3 Å². The third-order valence-electron chi connectivity index (χ3n) is 5.63. The number of nitrogens with zero attached hydrogens (tertiary/aromatic N) is 1. The molecule has 2 aliphatic rings. The van der Waals surface area contributed by atoms with Gasteiger partial charge in [-0.1, -0.05) is 50.2 Å². The van der Waals surface area contributed by atoms with E-state index in [4.69, 9.17) is 4.74 Å². The SMILES string of the molecule is CCN(C(=O)O)[C@@]12C(=O)c3ccccc3[C@]1(O)Oc1cc(C(C)C)ccc12. The maximum atomic E-state index is 13.5. The largest absolute Gasteiger partial charge is 0.465 e. The van der Waals surface area contributed by atoms with Crippen LogP contribution in [-0.2, 0) is 11.3 Å². The summed E-state index contributed by atoms with van der Waals surface area (Å²) in [5, 5.41) is 21.5. The number of carboxylic acid groups (broad SMARTS) is 1. The number of amides is 1. The number of hydrogen-bond donors (Lipinski definition) is 2. The zero-order valence-electron chi connectivity index (χ0n) is 15.4. The number of ether oxygens (including phenoxy) is 1. The van der Waals surface area contributed by atoms with Gasteiger partial charge in [0.25, 0.3) is 5.79 Å². The van der Waals surface area contributed by atoms with Crippen LogP contribution in [0.1, 0.15) is 53.7 Å². The minimum Gasteiger partial charge on any atom is -0.465 e. The number of fused-ring (bicyclic) bond motifs is 5. The van der Waals surface area contributed by atoms with Crippen molar-refractivity contribution >= 4 is 11.9 Å². The van der Waals surface area contributed by atoms with Crippen molar-refractivity contribution in [2.24, 2.45) is 0 Å². The summed E-state index contributed by atoms with van der Waals surface area (Å²) in [6, 6.07) is 11.9. The van der Waals surface area contributed by atoms with Crippen molar-refractivity contribution < 1.29 is 24.5 Å². The summed E-state index contributed by atoms with van der Waals surface area (Å²) in [6.45, 7) is 5.71. The molecule has 0 saturated carbocycles. The monoisotopic (exact) mass is 367 g/mol. The van der Waals surface area contributed by atoms with Crippen LogP contribution in [-0.4, -0.2) is 33.5 Å². The molecule has 4 rings (SSSR count). The topological polar surface area (TPSA) is 87.1 Å². The first-order valence-corrected chi connectivity index (χ1v) is 8.99. The van der Waals surface area contributed by atoms with Crippen LogP contribution >= 0.6 is 0 Å². The van der Waals surface area contributed by atoms with Crippen molar-refractivity contribution in [2.75, 3.05) is 6.54 Å². The van der Waals surface area contributed by atoms with E-state index in [-0.39, 0.29) is 23.6 Å². The fraction of sp³-hybridized carbons (Fsp3) is 0.333. The van der Waals surface area contributed by atoms with Gasteiger partial charge in [-0.2, -0.15) is 0 Å². The van der Waals surface area contributed by atoms with E-state index in [2.05, 4.69) is 0 Å². The Morgan fingerprint density at radius 1 is 1.19 bits per heavy atom. The molecule has 0 bridgehead atoms. The van der Waals surface area contributed by atoms with E-state index >= 15 is 0 Å². The molecule has 0 radical (unpaired) electrons. The molecule has 1 amide bonds. The highest BCUT2D eigenvalue weighted by atomic mass is 16.6. The van der Waals surface area contributed by atoms with Gasteiger partial charge in [0.1, 0.15) is 5.75 Å². The molecule has 2 atom stereocenters. The van der Waals surface area contributed by atoms with Crippen LogP contribution in [0.5, 0.6) is 5.75 Å². The number of Topliss-reactive ketones (excluding diaryl/α,β-unsaturated/α-hetero) is 1. The summed E-state index contributed by atoms with van der Waals surface area (Å²) in [5.74, 6) is -2.02. The smallest absolute Gasteiger partial charge is 0.408 e. The molecule has 1 heterocycles. The van der Waals surface area contributed by atoms with Gasteiger partial charge in [-0.3, -0.25) is 9.69 Å². The molecule has 1 aliphatic heterocycles. The summed E-state index contributed by atoms with van der Waals surface area (Å²) < 4.78 is 5.97. The van der Waals surface area contributed by atoms with Crippen LogP contribution in [0.2, 0.25) is 0 Å². The summed E-state index contributed by atoms with van der Waals surface area (Å²) in [5.41, 5.74) is 0.0592. The van der Waals surface area contributed by atoms with E-state index in [0.717, 1.165) is 10.5 Å². The average Bonchev–Trinajstić information content (AvgIpc) is 3.00. The molecule has 0 unspecified atom stereocenters. The second-order valence-electron chi connectivity index (χ2n) is 7.27. The van der Waals surface area contributed by atoms with Gasteiger partial charge in [0, 0.05) is 23.2 Å². The molecule has 0 fully saturated rings. The van der Waals surface area contributed by atoms with Crippen LogP contribution in [0.15, 0.2) is 42.5 Å². The second kappa shape index (κ2) is 5.57. The molecule has 2 N–H and O–H groups in total. The Morgan fingerprint density at radius 2 is 1.89 bits per heavy atom. The first kappa shape index (κ1) is 17.5. The molecule has 140 valence electrons. The molecule has 0 aromatic heterocycles. The molecule has 6 heteroatoms. The van der Waals surface area contributed by atoms with Crippen molar-refractivity contribution in [3.8, 4) is 5.75 Å². The molecule has 0 spiro atoms. The predicted octanol–water partition coefficient (Wildman–Crippen LogP) is 3.44. The van der Waals surface area contributed by atoms with E-state index in [1.54, 1.807) is 43.3 Å². The fourth-order valence-electron chi connectivity index (χ4n) is 4.36. The van der Waals surface area contributed by atoms with Crippen molar-refractivity contribution in [1.29, 1.82) is 0 Å². The number of rotatable bonds is 3. The first-order valence-electron chi connectivity index (χ1n) is 8.99. The average molecular weight is 367 g/mol. The van der Waals surface area contributed by atoms with E-state index < -0.39 is 23.2 Å². The summed E-state index contributed by atoms with van der Waals surface area (Å²) in [4.78, 5) is 26.6. The molecular formula is C21H21NO5. The second-order valence-corrected chi connectivity index (χ2v) is 7.27. The molecule has 6 nitrogen and oxygen atoms in total. The Morgan fingerprint density at radius 3 is 2.52 bits per heavy atom. The summed E-state index contributed by atoms with van der Waals surface area (Å²) >= 11 is 0. The van der Waals surface area contributed by atoms with Gasteiger partial charge in [0.05, 0.1) is 0 Å². The standard InChI is InChI=1S/C21H21NO5/c1-4-22(19(24)25)20-16-10-9-13(12(2)3)11-17(16)27-21(20,26)15-8-6-5-7-14(15)18(20)23/h5-12,26H,4H2,1-3H3,(H,24,25)/t20-,21-/m0/s1. The maximum absolute atomic E-state index is 13.5. The van der Waals surface area contributed by atoms with Gasteiger partial charge in [-0.05, 0) is 24.5 Å². The molecule has 2 aromatic rings. The molecule has 1 aliphatic carbocycles. The van der Waals surface area contributed by atoms with E-state index in [0.29, 0.717) is 11.3 Å². The lowest BCUT2D eigenvalue weighted by atomic mass is 9.80. The Bertz CT molecular complexity index is 969. The van der Waals surface area contributed by atoms with E-state index in [1.165, 1.54) is 0 Å². The van der Waals surface area contributed by atoms with Gasteiger partial charge in [-0.25, -0.2) is 4.79 Å². The van der Waals surface area contributed by atoms with Crippen molar-refractivity contribution in [3.63, 3.8) is 0 Å². The third kappa shape index (κ3) is 1.93. The zero-order valence-corrected chi connectivity index (χ0v) is 15.4. The van der Waals surface area contributed by atoms with Crippen LogP contribution in [0.3, 0.4) is 0 Å². The van der Waals surface area contributed by atoms with Crippen LogP contribution in [0.4, 0.5) is 4.79 Å². The number of ketones is 1. The number of benzene rings is 2. The van der Waals surface area contributed by atoms with E-state index in [9.17, 15) is 19.8 Å². The van der Waals surface area contributed by atoms with Crippen molar-refractivity contribution in [3.05, 3.63) is 64.7 Å². The van der Waals surface area contributed by atoms with Crippen LogP contribution < -0.4 is 4.74 Å². The number of hydrogen-bond acceptors (Lipinski definition) is 4. The normalized spacial score (nSPS) is 25.0. The maximum Gasteiger partial charge on any atom is 0.408 e. The Balaban J connectivity index is 2.07. The number of carbonyl (C=O) groups is 2. The Labute approximate surface area is 157 Å². The van der Waals surface area contributed by atoms with E-state index in [1.807, 2.05) is 19.9 Å². The Hall–Kier alpha value is -2.86. The zero-order chi connectivity index (χ0) is 19.6. The molecule has 0 saturated heterocycles. The fourth-order valence-corrected chi connectivity index (χ4v) is 4.36. The molecule has 27 heavy (non-hydrogen) atoms.